The van der Waals surface area contributed by atoms with Crippen molar-refractivity contribution in [3.63, 3.8) is 0 Å². The number of ether oxygens (including phenoxy) is 4. The van der Waals surface area contributed by atoms with Gasteiger partial charge in [-0.25, -0.2) is 26.6 Å². The van der Waals surface area contributed by atoms with Crippen LogP contribution in [0.25, 0.3) is 0 Å². The Labute approximate surface area is 225 Å². The molecule has 0 amide bonds. The van der Waals surface area contributed by atoms with E-state index in [4.69, 9.17) is 31.8 Å². The third-order valence-corrected chi connectivity index (χ3v) is 5.31. The van der Waals surface area contributed by atoms with Crippen LogP contribution in [0.4, 0.5) is 0 Å². The fourth-order valence-electron chi connectivity index (χ4n) is 3.04. The lowest BCUT2D eigenvalue weighted by atomic mass is 9.78. The van der Waals surface area contributed by atoms with Crippen LogP contribution in [-0.2, 0) is 44.7 Å². The second kappa shape index (κ2) is 14.0. The van der Waals surface area contributed by atoms with Gasteiger partial charge in [0.05, 0.1) is 0 Å². The van der Waals surface area contributed by atoms with E-state index < -0.39 is 39.4 Å². The Bertz CT molecular complexity index is 1310. The molecule has 0 N–H and O–H groups in total. The van der Waals surface area contributed by atoms with Crippen LogP contribution in [0.2, 0.25) is 0 Å². The lowest BCUT2D eigenvalue weighted by molar-refractivity contribution is -0.212. The van der Waals surface area contributed by atoms with E-state index in [9.17, 15) is 25.9 Å². The molecule has 0 aliphatic heterocycles. The second-order valence-corrected chi connectivity index (χ2v) is 9.59. The molecule has 2 rings (SSSR count). The van der Waals surface area contributed by atoms with Crippen LogP contribution in [0.3, 0.4) is 0 Å². The minimum Gasteiger partial charge on any atom is -0.724 e. The fourth-order valence-corrected chi connectivity index (χ4v) is 3.41. The van der Waals surface area contributed by atoms with Gasteiger partial charge in [0.25, 0.3) is 0 Å². The van der Waals surface area contributed by atoms with Crippen LogP contribution < -0.4 is 18.9 Å². The summed E-state index contributed by atoms with van der Waals surface area (Å²) in [5.74, 6) is 0.722. The van der Waals surface area contributed by atoms with Crippen molar-refractivity contribution in [3.05, 3.63) is 47.5 Å². The van der Waals surface area contributed by atoms with Crippen molar-refractivity contribution in [1.29, 1.82) is 0 Å². The molecule has 39 heavy (non-hydrogen) atoms. The van der Waals surface area contributed by atoms with E-state index >= 15 is 0 Å². The van der Waals surface area contributed by atoms with Crippen molar-refractivity contribution in [2.75, 3.05) is 26.4 Å². The van der Waals surface area contributed by atoms with E-state index in [1.807, 2.05) is 26.1 Å². The summed E-state index contributed by atoms with van der Waals surface area (Å²) in [6.07, 6.45) is 14.5. The first kappa shape index (κ1) is 31.6. The molecule has 0 aliphatic rings. The van der Waals surface area contributed by atoms with E-state index in [2.05, 4.69) is 18.4 Å². The van der Waals surface area contributed by atoms with Crippen molar-refractivity contribution >= 4 is 20.8 Å². The fraction of sp³-hybridized carbons (Fsp3) is 0.304. The highest BCUT2D eigenvalue weighted by atomic mass is 32.3. The van der Waals surface area contributed by atoms with Gasteiger partial charge >= 0.3 is 0 Å². The summed E-state index contributed by atoms with van der Waals surface area (Å²) in [4.78, 5) is 8.57. The lowest BCUT2D eigenvalue weighted by Gasteiger charge is -2.28. The van der Waals surface area contributed by atoms with E-state index in [1.54, 1.807) is 36.4 Å². The lowest BCUT2D eigenvalue weighted by Crippen LogP contribution is -2.20. The highest BCUT2D eigenvalue weighted by Crippen LogP contribution is 2.40. The first-order chi connectivity index (χ1) is 18.3. The Morgan fingerprint density at radius 3 is 1.41 bits per heavy atom. The summed E-state index contributed by atoms with van der Waals surface area (Å²) in [5.41, 5.74) is 0.691. The predicted octanol–water partition coefficient (Wildman–Crippen LogP) is 1.53. The maximum Gasteiger partial charge on any atom is 0.245 e. The van der Waals surface area contributed by atoms with E-state index in [0.29, 0.717) is 11.1 Å². The summed E-state index contributed by atoms with van der Waals surface area (Å²) < 4.78 is 91.3. The maximum absolute atomic E-state index is 10.4. The molecular formula is C23H22O14S2-2. The molecule has 0 unspecified atom stereocenters. The predicted molar refractivity (Wildman–Crippen MR) is 128 cm³/mol. The molecule has 2 aromatic rings. The first-order valence-corrected chi connectivity index (χ1v) is 13.3. The number of hydrogen-bond donors (Lipinski definition) is 0. The zero-order chi connectivity index (χ0) is 29.1. The SMILES string of the molecule is C#COc1ccc(C(C)(C)c2ccc(OC#C)c(OCCOOS(=O)(=O)[O-])c2)cc1OCCOOS(=O)(=O)[O-]. The molecule has 16 heteroatoms. The van der Waals surface area contributed by atoms with Crippen molar-refractivity contribution < 1.29 is 63.3 Å². The molecule has 0 radical (unpaired) electrons. The molecule has 212 valence electrons. The first-order valence-electron chi connectivity index (χ1n) is 10.6. The van der Waals surface area contributed by atoms with E-state index in [1.165, 1.54) is 0 Å². The van der Waals surface area contributed by atoms with Gasteiger partial charge in [0.2, 0.25) is 20.8 Å². The molecule has 2 aromatic carbocycles. The quantitative estimate of drug-likeness (QED) is 0.0687. The average Bonchev–Trinajstić information content (AvgIpc) is 2.84. The molecule has 0 bridgehead atoms. The molecule has 0 saturated carbocycles. The molecule has 0 fully saturated rings. The van der Waals surface area contributed by atoms with Gasteiger partial charge in [-0.1, -0.05) is 38.8 Å². The Balaban J connectivity index is 2.25. The molecule has 0 heterocycles. The third kappa shape index (κ3) is 10.6. The summed E-state index contributed by atoms with van der Waals surface area (Å²) in [5, 5.41) is 0. The van der Waals surface area contributed by atoms with Crippen molar-refractivity contribution in [2.24, 2.45) is 0 Å². The summed E-state index contributed by atoms with van der Waals surface area (Å²) in [7, 11) is -10.1. The summed E-state index contributed by atoms with van der Waals surface area (Å²) in [6.45, 7) is 2.49. The highest BCUT2D eigenvalue weighted by Gasteiger charge is 2.26. The van der Waals surface area contributed by atoms with Gasteiger partial charge in [0.1, 0.15) is 38.6 Å². The second-order valence-electron chi connectivity index (χ2n) is 7.68. The van der Waals surface area contributed by atoms with Crippen LogP contribution in [0.15, 0.2) is 36.4 Å². The van der Waals surface area contributed by atoms with Crippen molar-refractivity contribution in [1.82, 2.24) is 0 Å². The van der Waals surface area contributed by atoms with Gasteiger partial charge in [0.15, 0.2) is 23.0 Å². The molecule has 0 atom stereocenters. The van der Waals surface area contributed by atoms with Crippen LogP contribution in [0, 0.1) is 25.1 Å². The van der Waals surface area contributed by atoms with Gasteiger partial charge in [-0.3, -0.25) is 0 Å². The molecule has 0 aromatic heterocycles. The molecule has 0 saturated heterocycles. The zero-order valence-corrected chi connectivity index (χ0v) is 22.1. The minimum absolute atomic E-state index is 0.179. The Hall–Kier alpha value is -3.58. The maximum atomic E-state index is 10.4. The number of hydrogen-bond acceptors (Lipinski definition) is 14. The smallest absolute Gasteiger partial charge is 0.245 e. The topological polar surface area (TPSA) is 188 Å². The van der Waals surface area contributed by atoms with Crippen LogP contribution in [0.5, 0.6) is 23.0 Å². The van der Waals surface area contributed by atoms with E-state index in [-0.39, 0.29) is 36.2 Å². The van der Waals surface area contributed by atoms with E-state index in [0.717, 1.165) is 0 Å². The Morgan fingerprint density at radius 2 is 1.08 bits per heavy atom. The number of benzene rings is 2. The molecular weight excluding hydrogens is 564 g/mol. The van der Waals surface area contributed by atoms with Crippen molar-refractivity contribution in [3.8, 4) is 48.1 Å². The number of terminal acetylenes is 2. The zero-order valence-electron chi connectivity index (χ0n) is 20.5. The van der Waals surface area contributed by atoms with Crippen LogP contribution in [0.1, 0.15) is 25.0 Å². The van der Waals surface area contributed by atoms with Gasteiger partial charge in [0, 0.05) is 5.41 Å². The monoisotopic (exact) mass is 586 g/mol. The standard InChI is InChI=1S/C23H24O14S2/c1-5-30-19-9-7-17(15-21(19)32-11-13-34-36-38(24,25)26)23(3,4)18-8-10-20(31-6-2)22(16-18)33-12-14-35-37-39(27,28)29/h1-2,7-10,15-16H,11-14H2,3-4H3,(H,24,25,26)(H,27,28,29)/p-2. The van der Waals surface area contributed by atoms with Gasteiger partial charge in [-0.2, -0.15) is 0 Å². The Kier molecular flexibility index (Phi) is 11.3. The van der Waals surface area contributed by atoms with Gasteiger partial charge in [-0.05, 0) is 35.4 Å². The van der Waals surface area contributed by atoms with Gasteiger partial charge < -0.3 is 28.1 Å². The summed E-state index contributed by atoms with van der Waals surface area (Å²) >= 11 is 0. The van der Waals surface area contributed by atoms with Crippen LogP contribution >= 0.6 is 0 Å². The number of rotatable bonds is 16. The van der Waals surface area contributed by atoms with Crippen molar-refractivity contribution in [2.45, 2.75) is 19.3 Å². The summed E-state index contributed by atoms with van der Waals surface area (Å²) in [6, 6.07) is 9.81. The average molecular weight is 587 g/mol. The highest BCUT2D eigenvalue weighted by molar-refractivity contribution is 7.80. The molecule has 0 aliphatic carbocycles. The minimum atomic E-state index is -5.03. The molecule has 14 nitrogen and oxygen atoms in total. The van der Waals surface area contributed by atoms with Gasteiger partial charge in [-0.15, -0.1) is 8.67 Å². The largest absolute Gasteiger partial charge is 0.724 e. The Morgan fingerprint density at radius 1 is 0.692 bits per heavy atom. The third-order valence-electron chi connectivity index (χ3n) is 4.78. The van der Waals surface area contributed by atoms with Crippen LogP contribution in [-0.4, -0.2) is 52.4 Å². The molecule has 0 spiro atoms. The normalized spacial score (nSPS) is 11.7.